The van der Waals surface area contributed by atoms with Gasteiger partial charge in [0.25, 0.3) is 0 Å². The van der Waals surface area contributed by atoms with E-state index in [1.807, 2.05) is 6.92 Å². The summed E-state index contributed by atoms with van der Waals surface area (Å²) in [7, 11) is 0. The molecule has 8 N–H and O–H groups in total. The highest BCUT2D eigenvalue weighted by Gasteiger charge is 2.26. The van der Waals surface area contributed by atoms with Gasteiger partial charge in [0.2, 0.25) is 23.6 Å². The minimum Gasteiger partial charge on any atom is -0.481 e. The fourth-order valence-corrected chi connectivity index (χ4v) is 7.96. The fraction of sp³-hybridized carbons (Fsp3) is 0.800. The van der Waals surface area contributed by atoms with Crippen molar-refractivity contribution in [1.29, 1.82) is 0 Å². The van der Waals surface area contributed by atoms with E-state index < -0.39 is 66.6 Å². The molecule has 0 aromatic carbocycles. The largest absolute Gasteiger partial charge is 0.481 e. The molecule has 0 fully saturated rings. The maximum absolute atomic E-state index is 12.6. The summed E-state index contributed by atoms with van der Waals surface area (Å²) in [5.41, 5.74) is 0. The van der Waals surface area contributed by atoms with Gasteiger partial charge in [-0.05, 0) is 58.3 Å². The highest BCUT2D eigenvalue weighted by molar-refractivity contribution is 5.87. The van der Waals surface area contributed by atoms with Crippen LogP contribution in [0.25, 0.3) is 0 Å². The summed E-state index contributed by atoms with van der Waals surface area (Å²) in [5.74, 6) is -8.21. The van der Waals surface area contributed by atoms with Crippen LogP contribution in [0.5, 0.6) is 0 Å². The van der Waals surface area contributed by atoms with Gasteiger partial charge >= 0.3 is 23.9 Å². The number of rotatable bonds is 56. The predicted molar refractivity (Wildman–Crippen MR) is 286 cm³/mol. The number of unbranched alkanes of at least 4 members (excludes halogenated alkanes) is 14. The standard InChI is InChI=1S/C55H94N4O19/c1-41(42(2)60)20-17-18-30-56-48(63)28-24-43(53(69)70)38-44(61)25-26-46(54(71)72)59-51(66)40-78-37-34-75-32-19-21-45(62)39-77-36-35-76-33-31-57-49(64)29-27-47(55(73)74)58-50(65)22-15-13-11-9-7-5-3-4-6-8-10-12-14-16-23-52(67)68/h41,43,46-47H,3-40H2,1-2H3,(H,56,63)(H,57,64)(H,58,65)(H,59,66)(H,67,68)(H,69,70)(H,71,72)(H,73,74)/t41?,43-,46+,47+/m1/s1. The number of hydrogen-bond donors (Lipinski definition) is 8. The van der Waals surface area contributed by atoms with Crippen molar-refractivity contribution in [3.63, 3.8) is 0 Å². The van der Waals surface area contributed by atoms with Crippen LogP contribution in [-0.4, -0.2) is 163 Å². The Balaban J connectivity index is 3.95. The number of hydrogen-bond acceptors (Lipinski definition) is 15. The molecule has 0 aromatic rings. The van der Waals surface area contributed by atoms with Crippen molar-refractivity contribution >= 4 is 64.9 Å². The number of nitrogens with one attached hydrogen (secondary N) is 4. The molecule has 0 heterocycles. The van der Waals surface area contributed by atoms with E-state index in [4.69, 9.17) is 24.1 Å². The lowest BCUT2D eigenvalue weighted by molar-refractivity contribution is -0.145. The summed E-state index contributed by atoms with van der Waals surface area (Å²) < 4.78 is 21.4. The molecule has 0 radical (unpaired) electrons. The lowest BCUT2D eigenvalue weighted by atomic mass is 9.94. The number of carbonyl (C=O) groups is 11. The average molecular weight is 1120 g/mol. The molecule has 0 spiro atoms. The summed E-state index contributed by atoms with van der Waals surface area (Å²) in [6.45, 7) is 4.08. The average Bonchev–Trinajstić information content (AvgIpc) is 3.38. The third-order valence-corrected chi connectivity index (χ3v) is 12.9. The highest BCUT2D eigenvalue weighted by atomic mass is 16.5. The van der Waals surface area contributed by atoms with Gasteiger partial charge in [-0.2, -0.15) is 0 Å². The third kappa shape index (κ3) is 45.6. The minimum absolute atomic E-state index is 0.00251. The molecule has 23 nitrogen and oxygen atoms in total. The normalized spacial score (nSPS) is 12.6. The highest BCUT2D eigenvalue weighted by Crippen LogP contribution is 2.17. The van der Waals surface area contributed by atoms with Crippen LogP contribution in [0.3, 0.4) is 0 Å². The van der Waals surface area contributed by atoms with Crippen molar-refractivity contribution in [3.8, 4) is 0 Å². The van der Waals surface area contributed by atoms with Crippen molar-refractivity contribution < 1.29 is 92.1 Å². The Morgan fingerprint density at radius 3 is 1.40 bits per heavy atom. The summed E-state index contributed by atoms with van der Waals surface area (Å²) in [6.07, 6.45) is 16.7. The van der Waals surface area contributed by atoms with Crippen molar-refractivity contribution in [2.24, 2.45) is 11.8 Å². The Labute approximate surface area is 460 Å². The zero-order chi connectivity index (χ0) is 58.2. The molecular formula is C55H94N4O19. The summed E-state index contributed by atoms with van der Waals surface area (Å²) in [4.78, 5) is 131. The van der Waals surface area contributed by atoms with Crippen molar-refractivity contribution in [1.82, 2.24) is 21.3 Å². The third-order valence-electron chi connectivity index (χ3n) is 12.9. The number of amides is 4. The van der Waals surface area contributed by atoms with E-state index in [9.17, 15) is 68.1 Å². The monoisotopic (exact) mass is 1110 g/mol. The van der Waals surface area contributed by atoms with Crippen LogP contribution in [0.15, 0.2) is 0 Å². The zero-order valence-electron chi connectivity index (χ0n) is 46.6. The molecule has 0 saturated heterocycles. The van der Waals surface area contributed by atoms with Gasteiger partial charge in [-0.1, -0.05) is 90.4 Å². The van der Waals surface area contributed by atoms with Crippen molar-refractivity contribution in [3.05, 3.63) is 0 Å². The van der Waals surface area contributed by atoms with E-state index in [1.54, 1.807) is 0 Å². The molecule has 0 aromatic heterocycles. The van der Waals surface area contributed by atoms with Crippen molar-refractivity contribution in [2.75, 3.05) is 65.9 Å². The molecule has 1 unspecified atom stereocenters. The first-order valence-corrected chi connectivity index (χ1v) is 28.2. The number of carbonyl (C=O) groups excluding carboxylic acids is 7. The molecule has 0 aliphatic rings. The minimum atomic E-state index is -1.42. The second-order valence-electron chi connectivity index (χ2n) is 19.8. The van der Waals surface area contributed by atoms with E-state index in [2.05, 4.69) is 21.3 Å². The van der Waals surface area contributed by atoms with Crippen LogP contribution in [0.2, 0.25) is 0 Å². The van der Waals surface area contributed by atoms with Crippen LogP contribution in [0, 0.1) is 11.8 Å². The molecule has 448 valence electrons. The van der Waals surface area contributed by atoms with Gasteiger partial charge in [-0.25, -0.2) is 9.59 Å². The maximum Gasteiger partial charge on any atom is 0.326 e. The van der Waals surface area contributed by atoms with E-state index in [1.165, 1.54) is 39.0 Å². The zero-order valence-corrected chi connectivity index (χ0v) is 46.6. The van der Waals surface area contributed by atoms with Gasteiger partial charge in [0, 0.05) is 70.6 Å². The first kappa shape index (κ1) is 72.6. The predicted octanol–water partition coefficient (Wildman–Crippen LogP) is 5.50. The molecular weight excluding hydrogens is 1020 g/mol. The summed E-state index contributed by atoms with van der Waals surface area (Å²) in [5, 5.41) is 47.5. The smallest absolute Gasteiger partial charge is 0.326 e. The molecule has 0 aliphatic carbocycles. The number of aliphatic carboxylic acids is 4. The molecule has 4 amide bonds. The topological polar surface area (TPSA) is 354 Å². The van der Waals surface area contributed by atoms with Gasteiger partial charge < -0.3 is 60.6 Å². The van der Waals surface area contributed by atoms with Gasteiger partial charge in [-0.15, -0.1) is 0 Å². The van der Waals surface area contributed by atoms with Crippen LogP contribution in [0.1, 0.15) is 194 Å². The Morgan fingerprint density at radius 2 is 0.859 bits per heavy atom. The van der Waals surface area contributed by atoms with E-state index in [0.717, 1.165) is 57.8 Å². The van der Waals surface area contributed by atoms with Gasteiger partial charge in [0.05, 0.1) is 39.0 Å². The Bertz CT molecular complexity index is 1760. The second kappa shape index (κ2) is 48.7. The van der Waals surface area contributed by atoms with E-state index in [-0.39, 0.29) is 146 Å². The molecule has 78 heavy (non-hydrogen) atoms. The van der Waals surface area contributed by atoms with Crippen LogP contribution in [-0.2, 0) is 71.7 Å². The Hall–Kier alpha value is -5.39. The number of Topliss-reactive ketones (excluding diaryl/α,β-unsaturated/α-hetero) is 3. The van der Waals surface area contributed by atoms with Gasteiger partial charge in [0.1, 0.15) is 36.9 Å². The number of carboxylic acid groups (broad SMARTS) is 4. The quantitative estimate of drug-likeness (QED) is 0.0349. The molecule has 23 heteroatoms. The number of ether oxygens (including phenoxy) is 4. The van der Waals surface area contributed by atoms with Gasteiger partial charge in [-0.3, -0.25) is 43.2 Å². The van der Waals surface area contributed by atoms with E-state index in [0.29, 0.717) is 32.2 Å². The maximum atomic E-state index is 12.6. The van der Waals surface area contributed by atoms with Crippen LogP contribution >= 0.6 is 0 Å². The summed E-state index contributed by atoms with van der Waals surface area (Å²) >= 11 is 0. The molecule has 0 aliphatic heterocycles. The Kier molecular flexibility index (Phi) is 45.3. The van der Waals surface area contributed by atoms with Gasteiger partial charge in [0.15, 0.2) is 5.78 Å². The molecule has 0 saturated carbocycles. The summed E-state index contributed by atoms with van der Waals surface area (Å²) in [6, 6.07) is -2.60. The van der Waals surface area contributed by atoms with Crippen LogP contribution in [0.4, 0.5) is 0 Å². The molecule has 4 atom stereocenters. The number of ketones is 3. The second-order valence-corrected chi connectivity index (χ2v) is 19.8. The fourth-order valence-electron chi connectivity index (χ4n) is 7.96. The molecule has 0 rings (SSSR count). The molecule has 0 bridgehead atoms. The first-order valence-electron chi connectivity index (χ1n) is 28.2. The lowest BCUT2D eigenvalue weighted by Gasteiger charge is -2.15. The SMILES string of the molecule is CC(=O)C(C)CCCCNC(=O)CC[C@H](CC(=O)CC[C@H](NC(=O)COCCOCCCC(=O)COCCOCCNC(=O)CC[C@H](NC(=O)CCCCCCCCCCCCCCCCC(=O)O)C(=O)O)C(=O)O)C(=O)O. The van der Waals surface area contributed by atoms with Crippen LogP contribution < -0.4 is 21.3 Å². The Morgan fingerprint density at radius 1 is 0.385 bits per heavy atom. The van der Waals surface area contributed by atoms with E-state index >= 15 is 0 Å². The number of carboxylic acids is 4. The first-order chi connectivity index (χ1) is 37.3. The van der Waals surface area contributed by atoms with Crippen molar-refractivity contribution in [2.45, 2.75) is 206 Å². The lowest BCUT2D eigenvalue weighted by Crippen LogP contribution is -2.42.